The summed E-state index contributed by atoms with van der Waals surface area (Å²) >= 11 is 0. The molecule has 3 nitrogen and oxygen atoms in total. The van der Waals surface area contributed by atoms with Crippen LogP contribution in [-0.4, -0.2) is 37.7 Å². The van der Waals surface area contributed by atoms with Gasteiger partial charge in [0.15, 0.2) is 6.19 Å². The van der Waals surface area contributed by atoms with Gasteiger partial charge in [-0.15, -0.1) is 0 Å². The van der Waals surface area contributed by atoms with E-state index in [4.69, 9.17) is 5.26 Å². The fourth-order valence-electron chi connectivity index (χ4n) is 1.63. The van der Waals surface area contributed by atoms with E-state index < -0.39 is 0 Å². The first-order valence-electron chi connectivity index (χ1n) is 5.42. The summed E-state index contributed by atoms with van der Waals surface area (Å²) in [4.78, 5) is 0. The summed E-state index contributed by atoms with van der Waals surface area (Å²) < 4.78 is 0. The van der Waals surface area contributed by atoms with Gasteiger partial charge in [0.25, 0.3) is 0 Å². The minimum atomic E-state index is -0.160. The number of benzene rings is 2. The molecule has 2 rings (SSSR count). The second kappa shape index (κ2) is 10.4. The van der Waals surface area contributed by atoms with E-state index in [0.29, 0.717) is 0 Å². The average Bonchev–Trinajstić information content (AvgIpc) is 2.43. The molecule has 0 heterocycles. The van der Waals surface area contributed by atoms with Gasteiger partial charge in [0.2, 0.25) is 0 Å². The summed E-state index contributed by atoms with van der Waals surface area (Å²) in [5, 5.41) is 16.3. The van der Waals surface area contributed by atoms with Crippen LogP contribution < -0.4 is 5.73 Å². The molecule has 88 valence electrons. The number of hydrogen-bond acceptors (Lipinski definition) is 3. The van der Waals surface area contributed by atoms with Gasteiger partial charge in [-0.05, 0) is 11.1 Å². The second-order valence-electron chi connectivity index (χ2n) is 3.51. The predicted octanol–water partition coefficient (Wildman–Crippen LogP) is 2.39. The molecule has 0 radical (unpaired) electrons. The first-order valence-corrected chi connectivity index (χ1v) is 5.42. The van der Waals surface area contributed by atoms with Crippen molar-refractivity contribution in [1.82, 2.24) is 0 Å². The molecule has 0 bridgehead atoms. The van der Waals surface area contributed by atoms with Crippen LogP contribution in [0.2, 0.25) is 0 Å². The molecule has 0 aliphatic carbocycles. The van der Waals surface area contributed by atoms with Gasteiger partial charge in [-0.1, -0.05) is 60.7 Å². The second-order valence-corrected chi connectivity index (χ2v) is 3.51. The van der Waals surface area contributed by atoms with Crippen molar-refractivity contribution in [2.24, 2.45) is 5.73 Å². The summed E-state index contributed by atoms with van der Waals surface area (Å²) in [6, 6.07) is 22.0. The van der Waals surface area contributed by atoms with E-state index in [2.05, 4.69) is 11.8 Å². The maximum Gasteiger partial charge on any atom is 2.00 e. The SMILES string of the molecule is N#CC(c1ccccc1)c1ccccc1.N#CN.[Ca+2]. The van der Waals surface area contributed by atoms with E-state index in [1.54, 1.807) is 0 Å². The maximum atomic E-state index is 9.18. The fourth-order valence-corrected chi connectivity index (χ4v) is 1.63. The molecule has 0 spiro atoms. The Hall–Kier alpha value is -1.52. The molecule has 0 fully saturated rings. The van der Waals surface area contributed by atoms with Crippen molar-refractivity contribution in [2.75, 3.05) is 0 Å². The molecule has 0 saturated carbocycles. The molecule has 0 aliphatic rings. The van der Waals surface area contributed by atoms with Crippen molar-refractivity contribution in [3.63, 3.8) is 0 Å². The third-order valence-electron chi connectivity index (χ3n) is 2.39. The monoisotopic (exact) mass is 275 g/mol. The Balaban J connectivity index is 0.000000742. The number of hydrogen-bond donors (Lipinski definition) is 1. The Labute approximate surface area is 143 Å². The topological polar surface area (TPSA) is 73.6 Å². The van der Waals surface area contributed by atoms with Gasteiger partial charge < -0.3 is 5.73 Å². The zero-order valence-electron chi connectivity index (χ0n) is 10.5. The van der Waals surface area contributed by atoms with E-state index in [9.17, 15) is 5.26 Å². The molecule has 0 saturated heterocycles. The minimum absolute atomic E-state index is 0. The van der Waals surface area contributed by atoms with Gasteiger partial charge in [-0.2, -0.15) is 10.5 Å². The van der Waals surface area contributed by atoms with E-state index in [0.717, 1.165) is 11.1 Å². The normalized spacial score (nSPS) is 8.16. The van der Waals surface area contributed by atoms with Crippen molar-refractivity contribution in [3.8, 4) is 12.3 Å². The first kappa shape index (κ1) is 17.5. The molecular weight excluding hydrogens is 262 g/mol. The van der Waals surface area contributed by atoms with Crippen LogP contribution in [0.3, 0.4) is 0 Å². The molecule has 0 aromatic heterocycles. The van der Waals surface area contributed by atoms with E-state index in [1.165, 1.54) is 6.19 Å². The summed E-state index contributed by atoms with van der Waals surface area (Å²) in [6.45, 7) is 0. The van der Waals surface area contributed by atoms with Crippen LogP contribution in [0.25, 0.3) is 0 Å². The van der Waals surface area contributed by atoms with E-state index in [-0.39, 0.29) is 43.7 Å². The molecule has 2 aromatic rings. The van der Waals surface area contributed by atoms with Crippen molar-refractivity contribution in [1.29, 1.82) is 10.5 Å². The van der Waals surface area contributed by atoms with Gasteiger partial charge in [0, 0.05) is 0 Å². The Morgan fingerprint density at radius 1 is 0.789 bits per heavy atom. The summed E-state index contributed by atoms with van der Waals surface area (Å²) in [6.07, 6.45) is 1.25. The molecule has 0 atom stereocenters. The fraction of sp³-hybridized carbons (Fsp3) is 0.0667. The summed E-state index contributed by atoms with van der Waals surface area (Å²) in [5.74, 6) is -0.160. The molecule has 2 aromatic carbocycles. The van der Waals surface area contributed by atoms with E-state index in [1.807, 2.05) is 60.7 Å². The standard InChI is InChI=1S/C14H11N.CH2N2.Ca/c15-11-14(12-7-3-1-4-8-12)13-9-5-2-6-10-13;2-1-3;/h1-10,14H;2H2;/q;;+2. The molecule has 4 heteroatoms. The predicted molar refractivity (Wildman–Crippen MR) is 75.9 cm³/mol. The van der Waals surface area contributed by atoms with Crippen LogP contribution in [-0.2, 0) is 0 Å². The zero-order valence-corrected chi connectivity index (χ0v) is 12.7. The molecule has 2 N–H and O–H groups in total. The van der Waals surface area contributed by atoms with Crippen molar-refractivity contribution >= 4 is 37.7 Å². The quantitative estimate of drug-likeness (QED) is 0.519. The Morgan fingerprint density at radius 3 is 1.37 bits per heavy atom. The Morgan fingerprint density at radius 2 is 1.11 bits per heavy atom. The third-order valence-corrected chi connectivity index (χ3v) is 2.39. The largest absolute Gasteiger partial charge is 2.00 e. The average molecular weight is 275 g/mol. The van der Waals surface area contributed by atoms with Crippen LogP contribution in [0, 0.1) is 22.8 Å². The van der Waals surface area contributed by atoms with Gasteiger partial charge in [-0.3, -0.25) is 0 Å². The van der Waals surface area contributed by atoms with Crippen LogP contribution >= 0.6 is 0 Å². The van der Waals surface area contributed by atoms with Crippen molar-refractivity contribution < 1.29 is 0 Å². The van der Waals surface area contributed by atoms with Gasteiger partial charge >= 0.3 is 37.7 Å². The Kier molecular flexibility index (Phi) is 9.57. The number of nitrogens with zero attached hydrogens (tertiary/aromatic N) is 2. The maximum absolute atomic E-state index is 9.18. The zero-order chi connectivity index (χ0) is 13.2. The van der Waals surface area contributed by atoms with Crippen LogP contribution in [0.1, 0.15) is 17.0 Å². The van der Waals surface area contributed by atoms with Crippen LogP contribution in [0.5, 0.6) is 0 Å². The number of nitriles is 2. The third kappa shape index (κ3) is 5.77. The first-order chi connectivity index (χ1) is 8.83. The van der Waals surface area contributed by atoms with Gasteiger partial charge in [0.05, 0.1) is 12.0 Å². The molecule has 0 unspecified atom stereocenters. The van der Waals surface area contributed by atoms with Crippen molar-refractivity contribution in [2.45, 2.75) is 5.92 Å². The number of nitrogens with two attached hydrogens (primary N) is 1. The molecule has 0 amide bonds. The Bertz CT molecular complexity index is 502. The molecular formula is C15H13CaN3+2. The smallest absolute Gasteiger partial charge is 0.337 e. The molecule has 0 aliphatic heterocycles. The van der Waals surface area contributed by atoms with Gasteiger partial charge in [-0.25, -0.2) is 0 Å². The summed E-state index contributed by atoms with van der Waals surface area (Å²) in [7, 11) is 0. The van der Waals surface area contributed by atoms with Gasteiger partial charge in [0.1, 0.15) is 0 Å². The molecule has 19 heavy (non-hydrogen) atoms. The number of rotatable bonds is 2. The minimum Gasteiger partial charge on any atom is -0.337 e. The van der Waals surface area contributed by atoms with E-state index >= 15 is 0 Å². The van der Waals surface area contributed by atoms with Crippen LogP contribution in [0.15, 0.2) is 60.7 Å². The van der Waals surface area contributed by atoms with Crippen molar-refractivity contribution in [3.05, 3.63) is 71.8 Å². The van der Waals surface area contributed by atoms with Crippen LogP contribution in [0.4, 0.5) is 0 Å². The summed E-state index contributed by atoms with van der Waals surface area (Å²) in [5.41, 5.74) is 6.25.